The van der Waals surface area contributed by atoms with Crippen LogP contribution in [0.25, 0.3) is 0 Å². The zero-order chi connectivity index (χ0) is 37.9. The monoisotopic (exact) mass is 763 g/mol. The molecule has 4 aliphatic heterocycles. The highest BCUT2D eigenvalue weighted by Crippen LogP contribution is 2.60. The highest BCUT2D eigenvalue weighted by atomic mass is 35.5. The summed E-state index contributed by atoms with van der Waals surface area (Å²) in [6.07, 6.45) is 0.584. The molecule has 54 heavy (non-hydrogen) atoms. The van der Waals surface area contributed by atoms with Gasteiger partial charge in [0, 0.05) is 41.7 Å². The average Bonchev–Trinajstić information content (AvgIpc) is 3.59. The number of β-lactam (4-membered cyclic amide) rings is 1. The Morgan fingerprint density at radius 2 is 1.76 bits per heavy atom. The second-order valence-corrected chi connectivity index (χ2v) is 20.8. The van der Waals surface area contributed by atoms with E-state index in [1.807, 2.05) is 66.7 Å². The van der Waals surface area contributed by atoms with Crippen LogP contribution >= 0.6 is 11.6 Å². The number of anilines is 2. The van der Waals surface area contributed by atoms with Gasteiger partial charge in [0.05, 0.1) is 52.6 Å². The summed E-state index contributed by atoms with van der Waals surface area (Å²) in [5, 5.41) is 12.1. The topological polar surface area (TPSA) is 99.6 Å². The van der Waals surface area contributed by atoms with Crippen LogP contribution in [0.4, 0.5) is 11.4 Å². The molecule has 4 aliphatic rings. The molecule has 4 aromatic carbocycles. The number of aliphatic hydroxyl groups excluding tert-OH is 1. The SMILES string of the molecule is COc1ccc([Si](C)(C)[C@@H]2[C@@H](CC(=O)N3Cc4ccccc4C[C@H]3CO)O[C@]3(C(=O)N(Cc4cccc(N5CCC5=O)c4)c4ccc(Cl)cc43)[C@H]2C)cc1. The number of halogens is 1. The van der Waals surface area contributed by atoms with Gasteiger partial charge in [0.25, 0.3) is 5.91 Å². The maximum atomic E-state index is 15.3. The van der Waals surface area contributed by atoms with E-state index in [1.165, 1.54) is 5.19 Å². The van der Waals surface area contributed by atoms with Crippen molar-refractivity contribution in [3.05, 3.63) is 118 Å². The largest absolute Gasteiger partial charge is 0.497 e. The van der Waals surface area contributed by atoms with Gasteiger partial charge >= 0.3 is 0 Å². The zero-order valence-electron chi connectivity index (χ0n) is 31.1. The van der Waals surface area contributed by atoms with E-state index in [0.29, 0.717) is 36.5 Å². The molecule has 0 radical (unpaired) electrons. The summed E-state index contributed by atoms with van der Waals surface area (Å²) in [4.78, 5) is 47.4. The standard InChI is InChI=1S/C43H46ClN3O6Si/c1-27-41(54(3,4)35-15-13-34(52-2)14-16-35)38(23-40(50)46-25-30-10-6-5-9-29(30)21-33(46)26-48)53-43(27)36-22-31(44)12-17-37(36)47(42(43)51)24-28-8-7-11-32(20-28)45-19-18-39(45)49/h5-17,20,22,27,33,38,41,48H,18-19,21,23-26H2,1-4H3/t27-,33-,38+,41-,43+/m0/s1. The Labute approximate surface area is 322 Å². The number of fused-ring (bicyclic) bond motifs is 3. The molecule has 280 valence electrons. The highest BCUT2D eigenvalue weighted by Gasteiger charge is 2.66. The van der Waals surface area contributed by atoms with E-state index < -0.39 is 19.8 Å². The molecule has 4 heterocycles. The number of hydrogen-bond donors (Lipinski definition) is 1. The van der Waals surface area contributed by atoms with Crippen molar-refractivity contribution in [3.63, 3.8) is 0 Å². The Morgan fingerprint density at radius 1 is 1.00 bits per heavy atom. The normalized spacial score (nSPS) is 24.8. The van der Waals surface area contributed by atoms with Gasteiger partial charge in [-0.1, -0.05) is 85.3 Å². The van der Waals surface area contributed by atoms with Crippen molar-refractivity contribution in [3.8, 4) is 5.75 Å². The van der Waals surface area contributed by atoms with Crippen LogP contribution in [0.2, 0.25) is 23.7 Å². The fourth-order valence-electron chi connectivity index (χ4n) is 9.57. The van der Waals surface area contributed by atoms with Crippen LogP contribution < -0.4 is 19.7 Å². The summed E-state index contributed by atoms with van der Waals surface area (Å²) in [6.45, 7) is 7.91. The summed E-state index contributed by atoms with van der Waals surface area (Å²) < 4.78 is 12.7. The minimum absolute atomic E-state index is 0.0666. The van der Waals surface area contributed by atoms with Crippen molar-refractivity contribution in [2.24, 2.45) is 5.92 Å². The van der Waals surface area contributed by atoms with E-state index in [2.05, 4.69) is 38.2 Å². The molecule has 2 fully saturated rings. The number of carbonyl (C=O) groups excluding carboxylic acids is 3. The maximum absolute atomic E-state index is 15.3. The fraction of sp³-hybridized carbons (Fsp3) is 0.372. The molecule has 8 rings (SSSR count). The zero-order valence-corrected chi connectivity index (χ0v) is 32.9. The number of benzene rings is 4. The molecule has 2 saturated heterocycles. The molecular weight excluding hydrogens is 718 g/mol. The molecular formula is C43H46ClN3O6Si. The van der Waals surface area contributed by atoms with Crippen LogP contribution in [-0.4, -0.2) is 68.2 Å². The predicted octanol–water partition coefficient (Wildman–Crippen LogP) is 6.18. The molecule has 0 bridgehead atoms. The van der Waals surface area contributed by atoms with Crippen molar-refractivity contribution in [1.82, 2.24) is 4.90 Å². The molecule has 0 aliphatic carbocycles. The Bertz CT molecular complexity index is 2130. The minimum Gasteiger partial charge on any atom is -0.497 e. The molecule has 0 saturated carbocycles. The van der Waals surface area contributed by atoms with Gasteiger partial charge in [-0.05, 0) is 71.1 Å². The summed E-state index contributed by atoms with van der Waals surface area (Å²) in [6, 6.07) is 29.2. The summed E-state index contributed by atoms with van der Waals surface area (Å²) in [5.74, 6) is 0.238. The quantitative estimate of drug-likeness (QED) is 0.162. The summed E-state index contributed by atoms with van der Waals surface area (Å²) >= 11 is 6.72. The Hall–Kier alpha value is -4.48. The van der Waals surface area contributed by atoms with Crippen molar-refractivity contribution in [2.75, 3.05) is 30.1 Å². The van der Waals surface area contributed by atoms with E-state index in [0.717, 1.165) is 33.8 Å². The summed E-state index contributed by atoms with van der Waals surface area (Å²) in [7, 11) is -0.880. The first-order valence-corrected chi connectivity index (χ1v) is 22.2. The Kier molecular flexibility index (Phi) is 9.45. The lowest BCUT2D eigenvalue weighted by molar-refractivity contribution is -0.151. The lowest BCUT2D eigenvalue weighted by atomic mass is 9.82. The lowest BCUT2D eigenvalue weighted by Crippen LogP contribution is -2.52. The molecule has 1 spiro atoms. The number of nitrogens with zero attached hydrogens (tertiary/aromatic N) is 3. The van der Waals surface area contributed by atoms with Gasteiger partial charge < -0.3 is 29.3 Å². The van der Waals surface area contributed by atoms with Crippen molar-refractivity contribution < 1.29 is 29.0 Å². The van der Waals surface area contributed by atoms with E-state index in [9.17, 15) is 14.7 Å². The number of hydrogen-bond acceptors (Lipinski definition) is 6. The van der Waals surface area contributed by atoms with E-state index in [-0.39, 0.29) is 54.8 Å². The number of carbonyl (C=O) groups is 3. The van der Waals surface area contributed by atoms with E-state index in [1.54, 1.807) is 27.9 Å². The van der Waals surface area contributed by atoms with E-state index in [4.69, 9.17) is 21.1 Å². The van der Waals surface area contributed by atoms with Gasteiger partial charge in [-0.15, -0.1) is 0 Å². The Balaban J connectivity index is 1.18. The van der Waals surface area contributed by atoms with Gasteiger partial charge in [-0.3, -0.25) is 14.4 Å². The third kappa shape index (κ3) is 5.94. The third-order valence-electron chi connectivity index (χ3n) is 12.5. The minimum atomic E-state index is -2.53. The molecule has 1 N–H and O–H groups in total. The number of amides is 3. The predicted molar refractivity (Wildman–Crippen MR) is 212 cm³/mol. The molecule has 0 unspecified atom stereocenters. The first-order chi connectivity index (χ1) is 26.0. The molecule has 3 amide bonds. The van der Waals surface area contributed by atoms with Crippen LogP contribution in [0.5, 0.6) is 5.75 Å². The summed E-state index contributed by atoms with van der Waals surface area (Å²) in [5.41, 5.74) is 3.82. The molecule has 5 atom stereocenters. The molecule has 9 nitrogen and oxygen atoms in total. The fourth-order valence-corrected chi connectivity index (χ4v) is 13.8. The van der Waals surface area contributed by atoms with Gasteiger partial charge in [0.15, 0.2) is 5.60 Å². The van der Waals surface area contributed by atoms with Gasteiger partial charge in [-0.2, -0.15) is 0 Å². The Morgan fingerprint density at radius 3 is 2.44 bits per heavy atom. The van der Waals surface area contributed by atoms with Gasteiger partial charge in [0.1, 0.15) is 5.75 Å². The smallest absolute Gasteiger partial charge is 0.264 e. The van der Waals surface area contributed by atoms with Crippen LogP contribution in [0, 0.1) is 5.92 Å². The number of rotatable bonds is 9. The third-order valence-corrected chi connectivity index (χ3v) is 17.1. The van der Waals surface area contributed by atoms with Crippen molar-refractivity contribution in [1.29, 1.82) is 0 Å². The second-order valence-electron chi connectivity index (χ2n) is 15.7. The lowest BCUT2D eigenvalue weighted by Gasteiger charge is -2.39. The van der Waals surface area contributed by atoms with Crippen LogP contribution in [-0.2, 0) is 44.2 Å². The maximum Gasteiger partial charge on any atom is 0.264 e. The molecule has 4 aromatic rings. The van der Waals surface area contributed by atoms with Gasteiger partial charge in [-0.25, -0.2) is 0 Å². The second kappa shape index (κ2) is 14.0. The number of methoxy groups -OCH3 is 1. The van der Waals surface area contributed by atoms with Crippen LogP contribution in [0.3, 0.4) is 0 Å². The molecule has 0 aromatic heterocycles. The first kappa shape index (κ1) is 36.5. The average molecular weight is 764 g/mol. The number of aliphatic hydroxyl groups is 1. The van der Waals surface area contributed by atoms with E-state index >= 15 is 4.79 Å². The van der Waals surface area contributed by atoms with Crippen LogP contribution in [0.1, 0.15) is 42.0 Å². The first-order valence-electron chi connectivity index (χ1n) is 18.8. The van der Waals surface area contributed by atoms with Crippen LogP contribution in [0.15, 0.2) is 91.0 Å². The number of ether oxygens (including phenoxy) is 2. The van der Waals surface area contributed by atoms with Crippen molar-refractivity contribution >= 4 is 54.0 Å². The molecule has 11 heteroatoms. The van der Waals surface area contributed by atoms with Crippen molar-refractivity contribution in [2.45, 2.75) is 75.7 Å². The highest BCUT2D eigenvalue weighted by molar-refractivity contribution is 6.91. The van der Waals surface area contributed by atoms with Gasteiger partial charge in [0.2, 0.25) is 11.8 Å².